The van der Waals surface area contributed by atoms with E-state index in [4.69, 9.17) is 28.4 Å². The van der Waals surface area contributed by atoms with E-state index in [0.717, 1.165) is 55.3 Å². The van der Waals surface area contributed by atoms with Crippen LogP contribution in [0, 0.1) is 27.7 Å². The van der Waals surface area contributed by atoms with Crippen LogP contribution < -0.4 is 19.5 Å². The van der Waals surface area contributed by atoms with Gasteiger partial charge in [0.1, 0.15) is 37.3 Å². The maximum absolute atomic E-state index is 11.1. The Labute approximate surface area is 413 Å². The summed E-state index contributed by atoms with van der Waals surface area (Å²) in [5.74, 6) is 2.40. The third-order valence-corrected chi connectivity index (χ3v) is 7.54. The van der Waals surface area contributed by atoms with Crippen molar-refractivity contribution in [1.29, 1.82) is 0 Å². The first kappa shape index (κ1) is 79.2. The third kappa shape index (κ3) is 51.9. The highest BCUT2D eigenvalue weighted by atomic mass is 16.7. The molecule has 4 rings (SSSR count). The van der Waals surface area contributed by atoms with Gasteiger partial charge in [-0.05, 0) is 95.3 Å². The lowest BCUT2D eigenvalue weighted by Crippen LogP contribution is -2.27. The molecular weight excluding hydrogens is 843 g/mol. The summed E-state index contributed by atoms with van der Waals surface area (Å²) in [6.45, 7) is 25.8. The predicted molar refractivity (Wildman–Crippen MR) is 291 cm³/mol. The van der Waals surface area contributed by atoms with Gasteiger partial charge in [0.15, 0.2) is 6.79 Å². The number of nitrogens with one attached hydrogen (secondary N) is 1. The van der Waals surface area contributed by atoms with Crippen molar-refractivity contribution in [2.45, 2.75) is 153 Å². The molecule has 1 N–H and O–H groups in total. The number of hydrogen-bond donors (Lipinski definition) is 1. The fourth-order valence-corrected chi connectivity index (χ4v) is 4.28. The monoisotopic (exact) mass is 946 g/mol. The number of rotatable bonds is 19. The zero-order valence-corrected chi connectivity index (χ0v) is 39.6. The van der Waals surface area contributed by atoms with E-state index in [0.29, 0.717) is 33.0 Å². The molecule has 0 bridgehead atoms. The highest BCUT2D eigenvalue weighted by Crippen LogP contribution is 2.16. The maximum atomic E-state index is 11.1. The first-order chi connectivity index (χ1) is 29.4. The maximum Gasteiger partial charge on any atom is 0.302 e. The van der Waals surface area contributed by atoms with Crippen LogP contribution in [0.2, 0.25) is 0 Å². The molecule has 4 aromatic carbocycles. The van der Waals surface area contributed by atoms with Gasteiger partial charge >= 0.3 is 5.97 Å². The van der Waals surface area contributed by atoms with Gasteiger partial charge in [-0.15, -0.1) is 0 Å². The molecule has 1 amide bonds. The van der Waals surface area contributed by atoms with Crippen molar-refractivity contribution in [2.75, 3.05) is 60.3 Å². The van der Waals surface area contributed by atoms with Crippen molar-refractivity contribution in [2.24, 2.45) is 0 Å². The molecule has 0 radical (unpaired) electrons. The van der Waals surface area contributed by atoms with Gasteiger partial charge in [-0.2, -0.15) is 0 Å². The summed E-state index contributed by atoms with van der Waals surface area (Å²) in [7, 11) is 1.61. The van der Waals surface area contributed by atoms with Crippen molar-refractivity contribution in [3.05, 3.63) is 125 Å². The van der Waals surface area contributed by atoms with Crippen LogP contribution in [-0.4, -0.2) is 72.2 Å². The van der Waals surface area contributed by atoms with Crippen LogP contribution in [0.5, 0.6) is 17.2 Å². The molecular formula is C57H103NO9. The summed E-state index contributed by atoms with van der Waals surface area (Å²) in [6.07, 6.45) is 4.92. The first-order valence-electron chi connectivity index (χ1n) is 21.6. The molecule has 4 aromatic rings. The standard InChI is InChI=1S/C13H19NO2.C12H16O4.C10H14O.C9H12.C4H10O2.C3H8.6CH4/c1-3-4-13(15)14-9-10-16-12-7-5-11(2)6-8-12;1-10-5-3-4-6-12(10)16-9-14-7-8-15-11(2)13;1-3-8-11-10-6-4-9(2)5-7-10;1-3-9-6-4-8(2)5-7-9;1-3-6-4-5-2;1-3-2;;;;;;/h5-8H,3-4,9-10H2,1-2H3,(H,14,15);3-6H,7-9H2,1-2H3;4-7H,3,8H2,1-2H3;4-7H,3H2,1-2H3;3-4H2,1-2H3;3H2,1-2H3;6*1H4. The average molecular weight is 946 g/mol. The van der Waals surface area contributed by atoms with E-state index in [1.54, 1.807) is 7.11 Å². The minimum Gasteiger partial charge on any atom is -0.494 e. The molecule has 0 aliphatic heterocycles. The predicted octanol–water partition coefficient (Wildman–Crippen LogP) is 15.4. The third-order valence-electron chi connectivity index (χ3n) is 7.54. The van der Waals surface area contributed by atoms with Crippen LogP contribution in [-0.2, 0) is 35.0 Å². The van der Waals surface area contributed by atoms with Gasteiger partial charge < -0.3 is 38.5 Å². The Morgan fingerprint density at radius 3 is 1.42 bits per heavy atom. The van der Waals surface area contributed by atoms with Crippen molar-refractivity contribution in [3.63, 3.8) is 0 Å². The van der Waals surface area contributed by atoms with Crippen molar-refractivity contribution >= 4 is 11.9 Å². The molecule has 0 saturated carbocycles. The number of methoxy groups -OCH3 is 1. The molecule has 0 atom stereocenters. The van der Waals surface area contributed by atoms with E-state index in [1.165, 1.54) is 35.6 Å². The summed E-state index contributed by atoms with van der Waals surface area (Å²) in [5.41, 5.74) is 6.30. The second-order valence-corrected chi connectivity index (χ2v) is 13.6. The normalized spacial score (nSPS) is 8.66. The van der Waals surface area contributed by atoms with Crippen LogP contribution in [0.1, 0.15) is 147 Å². The van der Waals surface area contributed by atoms with Gasteiger partial charge in [-0.3, -0.25) is 9.59 Å². The van der Waals surface area contributed by atoms with Gasteiger partial charge in [0.2, 0.25) is 5.91 Å². The number of benzene rings is 4. The summed E-state index contributed by atoms with van der Waals surface area (Å²) in [6, 6.07) is 32.4. The molecule has 0 aliphatic carbocycles. The van der Waals surface area contributed by atoms with Crippen molar-refractivity contribution in [3.8, 4) is 17.2 Å². The van der Waals surface area contributed by atoms with Crippen LogP contribution >= 0.6 is 0 Å². The highest BCUT2D eigenvalue weighted by molar-refractivity contribution is 5.75. The lowest BCUT2D eigenvalue weighted by molar-refractivity contribution is -0.143. The molecule has 0 unspecified atom stereocenters. The molecule has 10 heteroatoms. The minimum absolute atomic E-state index is 0. The minimum atomic E-state index is -0.302. The molecule has 67 heavy (non-hydrogen) atoms. The number of hydrogen-bond acceptors (Lipinski definition) is 9. The van der Waals surface area contributed by atoms with E-state index < -0.39 is 0 Å². The number of ether oxygens (including phenoxy) is 7. The molecule has 10 nitrogen and oxygen atoms in total. The summed E-state index contributed by atoms with van der Waals surface area (Å²) >= 11 is 0. The Kier molecular flexibility index (Phi) is 67.7. The van der Waals surface area contributed by atoms with Crippen LogP contribution in [0.15, 0.2) is 97.1 Å². The number of para-hydroxylation sites is 1. The number of amides is 1. The average Bonchev–Trinajstić information content (AvgIpc) is 3.25. The summed E-state index contributed by atoms with van der Waals surface area (Å²) < 4.78 is 35.4. The van der Waals surface area contributed by atoms with E-state index in [9.17, 15) is 9.59 Å². The molecule has 0 aliphatic rings. The fraction of sp³-hybridized carbons (Fsp3) is 0.544. The lowest BCUT2D eigenvalue weighted by atomic mass is 10.1. The molecule has 390 valence electrons. The topological polar surface area (TPSA) is 111 Å². The molecule has 0 spiro atoms. The van der Waals surface area contributed by atoms with Crippen molar-refractivity contribution in [1.82, 2.24) is 5.32 Å². The number of esters is 1. The van der Waals surface area contributed by atoms with Crippen LogP contribution in [0.25, 0.3) is 0 Å². The first-order valence-corrected chi connectivity index (χ1v) is 21.6. The van der Waals surface area contributed by atoms with Crippen molar-refractivity contribution < 1.29 is 42.7 Å². The van der Waals surface area contributed by atoms with E-state index in [2.05, 4.69) is 88.0 Å². The second kappa shape index (κ2) is 57.2. The molecule has 0 saturated heterocycles. The number of aryl methyl sites for hydroxylation is 5. The summed E-state index contributed by atoms with van der Waals surface area (Å²) in [4.78, 5) is 21.6. The summed E-state index contributed by atoms with van der Waals surface area (Å²) in [5, 5.41) is 2.80. The Bertz CT molecular complexity index is 1570. The Morgan fingerprint density at radius 2 is 1.01 bits per heavy atom. The lowest BCUT2D eigenvalue weighted by Gasteiger charge is -2.09. The zero-order chi connectivity index (χ0) is 45.9. The van der Waals surface area contributed by atoms with Gasteiger partial charge in [-0.1, -0.05) is 169 Å². The van der Waals surface area contributed by atoms with Gasteiger partial charge in [0.05, 0.1) is 19.8 Å². The smallest absolute Gasteiger partial charge is 0.302 e. The fourth-order valence-electron chi connectivity index (χ4n) is 4.28. The molecule has 0 aromatic heterocycles. The van der Waals surface area contributed by atoms with Crippen LogP contribution in [0.3, 0.4) is 0 Å². The SMILES string of the molecule is C.C.C.C.C.C.CC(=O)OCCOCOc1ccccc1C.CCC.CCCC(=O)NCCOc1ccc(C)cc1.CCCOc1ccc(C)cc1.CCOCOC.CCc1ccc(C)cc1. The highest BCUT2D eigenvalue weighted by Gasteiger charge is 1.99. The van der Waals surface area contributed by atoms with Gasteiger partial charge in [-0.25, -0.2) is 0 Å². The largest absolute Gasteiger partial charge is 0.494 e. The van der Waals surface area contributed by atoms with E-state index >= 15 is 0 Å². The van der Waals surface area contributed by atoms with Gasteiger partial charge in [0.25, 0.3) is 0 Å². The van der Waals surface area contributed by atoms with Gasteiger partial charge in [0, 0.05) is 27.1 Å². The molecule has 0 fully saturated rings. The molecule has 0 heterocycles. The Hall–Kier alpha value is -4.90. The van der Waals surface area contributed by atoms with E-state index in [1.807, 2.05) is 88.4 Å². The quantitative estimate of drug-likeness (QED) is 0.0558. The Balaban J connectivity index is -0.000000107. The van der Waals surface area contributed by atoms with Crippen LogP contribution in [0.4, 0.5) is 0 Å². The Morgan fingerprint density at radius 1 is 0.537 bits per heavy atom. The second-order valence-electron chi connectivity index (χ2n) is 13.6. The zero-order valence-electron chi connectivity index (χ0n) is 39.6. The number of carbonyl (C=O) groups excluding carboxylic acids is 2. The van der Waals surface area contributed by atoms with E-state index in [-0.39, 0.29) is 69.8 Å². The number of carbonyl (C=O) groups is 2.